The average molecular weight is 1340 g/mol. The maximum atomic E-state index is 5.28. The van der Waals surface area contributed by atoms with Crippen molar-refractivity contribution >= 4 is 57.2 Å². The van der Waals surface area contributed by atoms with Crippen LogP contribution in [-0.2, 0) is 0 Å². The minimum atomic E-state index is -0.215. The van der Waals surface area contributed by atoms with Gasteiger partial charge in [0.1, 0.15) is 34.4 Å². The molecule has 0 aliphatic carbocycles. The lowest BCUT2D eigenvalue weighted by Crippen LogP contribution is -2.27. The van der Waals surface area contributed by atoms with Crippen LogP contribution in [0.5, 0.6) is 5.75 Å². The predicted molar refractivity (Wildman–Crippen MR) is 406 cm³/mol. The van der Waals surface area contributed by atoms with Crippen molar-refractivity contribution in [2.24, 2.45) is 35.7 Å². The monoisotopic (exact) mass is 1340 g/mol. The number of aromatic nitrogens is 12. The van der Waals surface area contributed by atoms with Crippen LogP contribution in [-0.4, -0.2) is 114 Å². The molecule has 20 nitrogen and oxygen atoms in total. The summed E-state index contributed by atoms with van der Waals surface area (Å²) in [5, 5.41) is 41.3. The lowest BCUT2D eigenvalue weighted by Gasteiger charge is -2.24. The number of rotatable bonds is 22. The van der Waals surface area contributed by atoms with Gasteiger partial charge in [-0.2, -0.15) is 29.3 Å². The Morgan fingerprint density at radius 3 is 1.39 bits per heavy atom. The topological polar surface area (TPSA) is 217 Å². The highest BCUT2D eigenvalue weighted by Gasteiger charge is 2.36. The molecule has 20 heteroatoms. The van der Waals surface area contributed by atoms with Gasteiger partial charge in [-0.15, -0.1) is 30.6 Å². The number of ether oxygens (including phenoxy) is 1. The molecule has 0 spiro atoms. The van der Waals surface area contributed by atoms with E-state index < -0.39 is 0 Å². The predicted octanol–water partition coefficient (Wildman–Crippen LogP) is 18.0. The number of methoxy groups -OCH3 is 1. The molecule has 13 rings (SSSR count). The molecule has 0 bridgehead atoms. The van der Waals surface area contributed by atoms with Crippen LogP contribution < -0.4 is 9.64 Å². The second-order valence-corrected chi connectivity index (χ2v) is 26.4. The molecule has 3 aliphatic heterocycles. The highest BCUT2D eigenvalue weighted by atomic mass is 16.5. The van der Waals surface area contributed by atoms with Gasteiger partial charge in [-0.1, -0.05) is 167 Å². The highest BCUT2D eigenvalue weighted by Crippen LogP contribution is 2.35. The third kappa shape index (κ3) is 15.5. The molecule has 6 aromatic heterocycles. The molecule has 4 aromatic carbocycles. The Morgan fingerprint density at radius 1 is 0.440 bits per heavy atom. The van der Waals surface area contributed by atoms with E-state index in [0.29, 0.717) is 46.7 Å². The third-order valence-electron chi connectivity index (χ3n) is 18.2. The van der Waals surface area contributed by atoms with Crippen LogP contribution in [0.1, 0.15) is 196 Å². The Kier molecular flexibility index (Phi) is 22.6. The van der Waals surface area contributed by atoms with Crippen molar-refractivity contribution in [1.82, 2.24) is 59.6 Å². The van der Waals surface area contributed by atoms with E-state index in [4.69, 9.17) is 50.0 Å². The zero-order valence-electron chi connectivity index (χ0n) is 60.7. The van der Waals surface area contributed by atoms with Crippen LogP contribution in [0.25, 0.3) is 34.2 Å². The van der Waals surface area contributed by atoms with Crippen molar-refractivity contribution in [1.29, 1.82) is 0 Å². The summed E-state index contributed by atoms with van der Waals surface area (Å²) in [5.74, 6) is 6.84. The Morgan fingerprint density at radius 2 is 0.890 bits per heavy atom. The second kappa shape index (κ2) is 31.9. The first-order valence-electron chi connectivity index (χ1n) is 35.4. The van der Waals surface area contributed by atoms with Crippen LogP contribution in [0.15, 0.2) is 176 Å². The van der Waals surface area contributed by atoms with Crippen molar-refractivity contribution in [3.8, 4) is 39.9 Å². The van der Waals surface area contributed by atoms with Crippen LogP contribution in [0.2, 0.25) is 0 Å². The molecule has 9 heterocycles. The Balaban J connectivity index is 0.000000151. The van der Waals surface area contributed by atoms with Gasteiger partial charge < -0.3 is 9.64 Å². The van der Waals surface area contributed by atoms with Gasteiger partial charge >= 0.3 is 0 Å². The molecule has 0 amide bonds. The van der Waals surface area contributed by atoms with Gasteiger partial charge in [-0.3, -0.25) is 9.97 Å². The molecule has 0 atom stereocenters. The number of fused-ring (bicyclic) bond motifs is 3. The molecule has 0 unspecified atom stereocenters. The summed E-state index contributed by atoms with van der Waals surface area (Å²) < 4.78 is 10.7. The zero-order chi connectivity index (χ0) is 70.6. The normalized spacial score (nSPS) is 14.2. The Labute approximate surface area is 588 Å². The lowest BCUT2D eigenvalue weighted by atomic mass is 9.87. The third-order valence-corrected chi connectivity index (χ3v) is 18.2. The van der Waals surface area contributed by atoms with Crippen LogP contribution in [0.4, 0.5) is 22.9 Å². The first-order valence-corrected chi connectivity index (χ1v) is 35.4. The summed E-state index contributed by atoms with van der Waals surface area (Å²) in [6, 6.07) is 48.5. The van der Waals surface area contributed by atoms with E-state index in [2.05, 4.69) is 160 Å². The van der Waals surface area contributed by atoms with E-state index in [-0.39, 0.29) is 5.41 Å². The fraction of sp³-hybridized carbons (Fsp3) is 0.362. The van der Waals surface area contributed by atoms with Gasteiger partial charge in [0, 0.05) is 64.0 Å². The van der Waals surface area contributed by atoms with Gasteiger partial charge in [-0.05, 0) is 139 Å². The van der Waals surface area contributed by atoms with E-state index in [0.717, 1.165) is 159 Å². The number of nitrogens with zero attached hydrogens (tertiary/aromatic N) is 19. The molecule has 0 saturated heterocycles. The van der Waals surface area contributed by atoms with Crippen LogP contribution in [0, 0.1) is 33.1 Å². The smallest absolute Gasteiger partial charge is 0.206 e. The van der Waals surface area contributed by atoms with Crippen LogP contribution >= 0.6 is 0 Å². The number of benzene rings is 4. The minimum absolute atomic E-state index is 0.215. The number of hydrogen-bond donors (Lipinski definition) is 0. The van der Waals surface area contributed by atoms with Gasteiger partial charge in [0.2, 0.25) is 17.5 Å². The summed E-state index contributed by atoms with van der Waals surface area (Å²) in [6.45, 7) is 32.0. The maximum absolute atomic E-state index is 5.28. The number of aryl methyl sites for hydroxylation is 4. The molecule has 514 valence electrons. The SMILES string of the molecule is CCC(CC)c1ccc(N=C2C(C(C)(C)C)=Nn3c2nnc3-c2ccc(OC)cc2)c(C)n1.CCC(CC)c1ccc(N=C2C(c3ccccc3)=Nn3c2nnc3-c2ccccc2)c(C)n1.CCCCN(CCCC)c1ccc(N=C2C(CC)=Nn3c2nnc3-c2cccc(C)c2)c(C)n1. The summed E-state index contributed by atoms with van der Waals surface area (Å²) in [6.07, 6.45) is 9.77. The lowest BCUT2D eigenvalue weighted by molar-refractivity contribution is 0.415. The van der Waals surface area contributed by atoms with E-state index >= 15 is 0 Å². The Bertz CT molecular complexity index is 4680. The van der Waals surface area contributed by atoms with Crippen molar-refractivity contribution in [3.63, 3.8) is 0 Å². The Hall–Kier alpha value is -10.6. The summed E-state index contributed by atoms with van der Waals surface area (Å²) >= 11 is 0. The molecule has 0 saturated carbocycles. The highest BCUT2D eigenvalue weighted by molar-refractivity contribution is 6.54. The molecular formula is C80H93N19O. The number of anilines is 1. The molecule has 10 aromatic rings. The summed E-state index contributed by atoms with van der Waals surface area (Å²) in [7, 11) is 1.65. The van der Waals surface area contributed by atoms with E-state index in [9.17, 15) is 0 Å². The molecule has 3 aliphatic rings. The molecule has 100 heavy (non-hydrogen) atoms. The van der Waals surface area contributed by atoms with Crippen molar-refractivity contribution in [2.45, 2.75) is 167 Å². The largest absolute Gasteiger partial charge is 0.497 e. The van der Waals surface area contributed by atoms with Gasteiger partial charge in [0.25, 0.3) is 0 Å². The van der Waals surface area contributed by atoms with E-state index in [1.165, 1.54) is 31.2 Å². The number of aliphatic imine (C=N–C) groups is 3. The minimum Gasteiger partial charge on any atom is -0.497 e. The van der Waals surface area contributed by atoms with Crippen LogP contribution in [0.3, 0.4) is 0 Å². The van der Waals surface area contributed by atoms with Crippen molar-refractivity contribution in [2.75, 3.05) is 25.1 Å². The molecule has 0 radical (unpaired) electrons. The first kappa shape index (κ1) is 70.7. The first-order chi connectivity index (χ1) is 48.5. The van der Waals surface area contributed by atoms with Gasteiger partial charge in [-0.25, -0.2) is 20.0 Å². The fourth-order valence-electron chi connectivity index (χ4n) is 12.4. The number of hydrogen-bond acceptors (Lipinski definition) is 17. The average Bonchev–Trinajstić information content (AvgIpc) is 1.70. The maximum Gasteiger partial charge on any atom is 0.206 e. The second-order valence-electron chi connectivity index (χ2n) is 26.4. The van der Waals surface area contributed by atoms with E-state index in [1.54, 1.807) is 16.5 Å². The zero-order valence-corrected chi connectivity index (χ0v) is 60.7. The van der Waals surface area contributed by atoms with E-state index in [1.807, 2.05) is 123 Å². The molecular weight excluding hydrogens is 1240 g/mol. The number of pyridine rings is 3. The standard InChI is InChI=1S/C27H35N7.C27H26N6.C26H32N6O/c1-6-9-16-33(17-10-7-2)24-15-14-23(20(5)28-24)29-25-22(8-3)32-34-26(30-31-27(25)34)21-13-11-12-19(4)18-21;1-4-19(5-2)23-17-16-22(18(3)28-23)29-25-24(20-12-8-6-9-13-20)32-33-26(30-31-27(25)33)21-14-10-7-11-15-21;1-8-17(9-2)21-15-14-20(16(3)27-21)28-22-23(26(4,5)6)31-32-24(29-30-25(22)32)18-10-12-19(33-7)13-11-18/h11-15,18H,6-10,16-17H2,1-5H3;6-17,19H,4-5H2,1-3H3;10-15,17H,8-9H2,1-7H3. The van der Waals surface area contributed by atoms with Crippen molar-refractivity contribution < 1.29 is 4.74 Å². The van der Waals surface area contributed by atoms with Crippen molar-refractivity contribution in [3.05, 3.63) is 203 Å². The summed E-state index contributed by atoms with van der Waals surface area (Å²) in [4.78, 5) is 32.1. The molecule has 0 N–H and O–H groups in total. The van der Waals surface area contributed by atoms with Gasteiger partial charge in [0.15, 0.2) is 17.5 Å². The number of unbranched alkanes of at least 4 members (excludes halogenated alkanes) is 2. The van der Waals surface area contributed by atoms with Gasteiger partial charge in [0.05, 0.1) is 52.7 Å². The quantitative estimate of drug-likeness (QED) is 0.0621. The summed E-state index contributed by atoms with van der Waals surface area (Å²) in [5.41, 5.74) is 17.1. The molecule has 0 fully saturated rings. The fourth-order valence-corrected chi connectivity index (χ4v) is 12.4.